The summed E-state index contributed by atoms with van der Waals surface area (Å²) in [6.45, 7) is 0. The Bertz CT molecular complexity index is 141. The van der Waals surface area contributed by atoms with Gasteiger partial charge in [0.2, 0.25) is 12.3 Å². The maximum atomic E-state index is 10.6. The van der Waals surface area contributed by atoms with Crippen molar-refractivity contribution >= 4 is 24.1 Å². The van der Waals surface area contributed by atoms with E-state index in [2.05, 4.69) is 5.32 Å². The van der Waals surface area contributed by atoms with Crippen LogP contribution in [0.5, 0.6) is 0 Å². The van der Waals surface area contributed by atoms with Gasteiger partial charge in [0, 0.05) is 6.42 Å². The fraction of sp³-hybridized carbons (Fsp3) is 0.667. The zero-order chi connectivity index (χ0) is 8.69. The molecule has 2 amide bonds. The lowest BCUT2D eigenvalue weighted by Crippen LogP contribution is -2.41. The lowest BCUT2D eigenvalue weighted by atomic mass is 10.2. The molecule has 1 atom stereocenters. The molecule has 4 nitrogen and oxygen atoms in total. The van der Waals surface area contributed by atoms with Gasteiger partial charge >= 0.3 is 0 Å². The summed E-state index contributed by atoms with van der Waals surface area (Å²) in [5.41, 5.74) is 4.99. The van der Waals surface area contributed by atoms with Crippen molar-refractivity contribution in [3.63, 3.8) is 0 Å². The average molecular weight is 176 g/mol. The number of thioether (sulfide) groups is 1. The van der Waals surface area contributed by atoms with E-state index in [0.717, 1.165) is 5.75 Å². The Morgan fingerprint density at radius 2 is 2.45 bits per heavy atom. The van der Waals surface area contributed by atoms with Crippen molar-refractivity contribution in [3.8, 4) is 0 Å². The SMILES string of the molecule is C[S+]CC[C@H](NC=O)C(N)=O. The fourth-order valence-corrected chi connectivity index (χ4v) is 1.10. The van der Waals surface area contributed by atoms with E-state index in [4.69, 9.17) is 5.73 Å². The maximum absolute atomic E-state index is 10.6. The molecule has 0 bridgehead atoms. The third-order valence-corrected chi connectivity index (χ3v) is 1.87. The number of primary amides is 1. The van der Waals surface area contributed by atoms with Gasteiger partial charge in [0.05, 0.1) is 0 Å². The normalized spacial score (nSPS) is 12.1. The fourth-order valence-electron chi connectivity index (χ4n) is 0.626. The van der Waals surface area contributed by atoms with E-state index in [-0.39, 0.29) is 0 Å². The molecule has 0 aliphatic carbocycles. The van der Waals surface area contributed by atoms with Crippen molar-refractivity contribution < 1.29 is 9.59 Å². The molecule has 3 N–H and O–H groups in total. The summed E-state index contributed by atoms with van der Waals surface area (Å²) in [5, 5.41) is 2.35. The average Bonchev–Trinajstić information content (AvgIpc) is 1.97. The highest BCUT2D eigenvalue weighted by Crippen LogP contribution is 1.89. The van der Waals surface area contributed by atoms with Gasteiger partial charge in [-0.2, -0.15) is 0 Å². The number of rotatable bonds is 6. The molecule has 0 aromatic carbocycles. The lowest BCUT2D eigenvalue weighted by Gasteiger charge is -2.07. The second-order valence-corrected chi connectivity index (χ2v) is 3.01. The number of carbonyl (C=O) groups is 2. The van der Waals surface area contributed by atoms with Crippen molar-refractivity contribution in [2.45, 2.75) is 12.5 Å². The van der Waals surface area contributed by atoms with Crippen molar-refractivity contribution in [2.75, 3.05) is 12.0 Å². The van der Waals surface area contributed by atoms with Crippen LogP contribution < -0.4 is 11.1 Å². The van der Waals surface area contributed by atoms with E-state index in [1.54, 1.807) is 11.8 Å². The minimum absolute atomic E-state index is 0.480. The van der Waals surface area contributed by atoms with Gasteiger partial charge in [-0.05, 0) is 0 Å². The van der Waals surface area contributed by atoms with E-state index in [1.165, 1.54) is 0 Å². The van der Waals surface area contributed by atoms with Crippen LogP contribution in [0, 0.1) is 0 Å². The van der Waals surface area contributed by atoms with Crippen LogP contribution in [0.25, 0.3) is 0 Å². The Morgan fingerprint density at radius 3 is 2.82 bits per heavy atom. The summed E-state index contributed by atoms with van der Waals surface area (Å²) in [7, 11) is 0. The van der Waals surface area contributed by atoms with Crippen molar-refractivity contribution in [3.05, 3.63) is 0 Å². The van der Waals surface area contributed by atoms with E-state index in [9.17, 15) is 9.59 Å². The van der Waals surface area contributed by atoms with Crippen molar-refractivity contribution in [1.82, 2.24) is 5.32 Å². The molecule has 0 rings (SSSR count). The summed E-state index contributed by atoms with van der Waals surface area (Å²) >= 11 is 1.61. The van der Waals surface area contributed by atoms with Gasteiger partial charge in [-0.1, -0.05) is 0 Å². The predicted molar refractivity (Wildman–Crippen MR) is 45.0 cm³/mol. The molecule has 0 aromatic heterocycles. The highest BCUT2D eigenvalue weighted by molar-refractivity contribution is 7.77. The maximum Gasteiger partial charge on any atom is 0.240 e. The molecule has 0 unspecified atom stereocenters. The number of hydrogen-bond acceptors (Lipinski definition) is 3. The van der Waals surface area contributed by atoms with Crippen LogP contribution >= 0.6 is 0 Å². The molecule has 0 aromatic rings. The first kappa shape index (κ1) is 10.3. The summed E-state index contributed by atoms with van der Waals surface area (Å²) in [6.07, 6.45) is 3.02. The van der Waals surface area contributed by atoms with E-state index in [0.29, 0.717) is 12.8 Å². The zero-order valence-electron chi connectivity index (χ0n) is 6.37. The molecule has 0 aliphatic rings. The van der Waals surface area contributed by atoms with E-state index < -0.39 is 11.9 Å². The lowest BCUT2D eigenvalue weighted by molar-refractivity contribution is -0.122. The van der Waals surface area contributed by atoms with Crippen LogP contribution in [0.2, 0.25) is 0 Å². The van der Waals surface area contributed by atoms with Crippen LogP contribution in [0.4, 0.5) is 0 Å². The molecule has 0 saturated carbocycles. The Kier molecular flexibility index (Phi) is 5.64. The van der Waals surface area contributed by atoms with Gasteiger partial charge in [-0.3, -0.25) is 9.59 Å². The van der Waals surface area contributed by atoms with Crippen LogP contribution in [0.1, 0.15) is 6.42 Å². The molecule has 0 heterocycles. The number of carbonyl (C=O) groups excluding carboxylic acids is 2. The molecular formula is C6H12N2O2S+. The van der Waals surface area contributed by atoms with Crippen molar-refractivity contribution in [2.24, 2.45) is 5.73 Å². The second-order valence-electron chi connectivity index (χ2n) is 2.02. The third kappa shape index (κ3) is 4.66. The minimum atomic E-state index is -0.514. The van der Waals surface area contributed by atoms with Gasteiger partial charge in [-0.25, -0.2) is 0 Å². The highest BCUT2D eigenvalue weighted by Gasteiger charge is 2.15. The third-order valence-electron chi connectivity index (χ3n) is 1.22. The van der Waals surface area contributed by atoms with Gasteiger partial charge in [0.15, 0.2) is 17.5 Å². The molecule has 5 heteroatoms. The quantitative estimate of drug-likeness (QED) is 0.390. The standard InChI is InChI=1S/C6H12N2O2S/c1-11-3-2-5(6(7)10)8-4-9/h4-5H,2-3H2,1H3,(H2,7,10)(H,8,9)/q+1/t5-/m0/s1. The van der Waals surface area contributed by atoms with Gasteiger partial charge < -0.3 is 11.1 Å². The van der Waals surface area contributed by atoms with E-state index >= 15 is 0 Å². The van der Waals surface area contributed by atoms with Crippen LogP contribution in [-0.4, -0.2) is 30.4 Å². The molecule has 0 saturated heterocycles. The molecule has 0 fully saturated rings. The number of nitrogens with two attached hydrogens (primary N) is 1. The topological polar surface area (TPSA) is 72.2 Å². The summed E-state index contributed by atoms with van der Waals surface area (Å²) in [6, 6.07) is -0.514. The zero-order valence-corrected chi connectivity index (χ0v) is 7.19. The number of amides is 2. The smallest absolute Gasteiger partial charge is 0.240 e. The molecule has 63 valence electrons. The van der Waals surface area contributed by atoms with Gasteiger partial charge in [-0.15, -0.1) is 0 Å². The summed E-state index contributed by atoms with van der Waals surface area (Å²) < 4.78 is 0. The molecule has 0 aliphatic heterocycles. The second kappa shape index (κ2) is 6.03. The monoisotopic (exact) mass is 176 g/mol. The Balaban J connectivity index is 3.69. The van der Waals surface area contributed by atoms with Gasteiger partial charge in [0.1, 0.15) is 12.3 Å². The highest BCUT2D eigenvalue weighted by atomic mass is 32.2. The molecule has 11 heavy (non-hydrogen) atoms. The van der Waals surface area contributed by atoms with Gasteiger partial charge in [0.25, 0.3) is 0 Å². The van der Waals surface area contributed by atoms with Crippen LogP contribution in [0.15, 0.2) is 0 Å². The largest absolute Gasteiger partial charge is 0.368 e. The Labute approximate surface area is 69.9 Å². The van der Waals surface area contributed by atoms with E-state index in [1.807, 2.05) is 6.26 Å². The Morgan fingerprint density at radius 1 is 1.82 bits per heavy atom. The molecule has 1 radical (unpaired) electrons. The first-order valence-corrected chi connectivity index (χ1v) is 4.59. The number of hydrogen-bond donors (Lipinski definition) is 2. The van der Waals surface area contributed by atoms with Crippen molar-refractivity contribution in [1.29, 1.82) is 0 Å². The summed E-state index contributed by atoms with van der Waals surface area (Å²) in [5.74, 6) is 0.334. The molecular weight excluding hydrogens is 164 g/mol. The van der Waals surface area contributed by atoms with Crippen LogP contribution in [0.3, 0.4) is 0 Å². The molecule has 0 spiro atoms. The first-order valence-electron chi connectivity index (χ1n) is 3.20. The predicted octanol–water partition coefficient (Wildman–Crippen LogP) is -1.31. The van der Waals surface area contributed by atoms with Crippen LogP contribution in [-0.2, 0) is 21.4 Å². The summed E-state index contributed by atoms with van der Waals surface area (Å²) in [4.78, 5) is 20.5. The number of nitrogens with one attached hydrogen (secondary N) is 1. The first-order chi connectivity index (χ1) is 5.22. The Hall–Kier alpha value is -0.710. The minimum Gasteiger partial charge on any atom is -0.368 e.